The second-order valence-corrected chi connectivity index (χ2v) is 4.99. The van der Waals surface area contributed by atoms with Crippen LogP contribution in [0.15, 0.2) is 0 Å². The molecule has 2 saturated heterocycles. The van der Waals surface area contributed by atoms with Crippen LogP contribution in [0.5, 0.6) is 0 Å². The lowest BCUT2D eigenvalue weighted by molar-refractivity contribution is -0.137. The minimum absolute atomic E-state index is 0.115. The molecule has 0 radical (unpaired) electrons. The first-order valence-electron chi connectivity index (χ1n) is 6.36. The third-order valence-corrected chi connectivity index (χ3v) is 3.74. The van der Waals surface area contributed by atoms with Crippen molar-refractivity contribution >= 4 is 5.91 Å². The van der Waals surface area contributed by atoms with Gasteiger partial charge in [-0.1, -0.05) is 13.3 Å². The Labute approximate surface area is 97.1 Å². The summed E-state index contributed by atoms with van der Waals surface area (Å²) < 4.78 is 5.09. The summed E-state index contributed by atoms with van der Waals surface area (Å²) in [5.41, 5.74) is -0.115. The van der Waals surface area contributed by atoms with Gasteiger partial charge in [0.25, 0.3) is 0 Å². The maximum Gasteiger partial charge on any atom is 0.226 e. The third kappa shape index (κ3) is 2.38. The highest BCUT2D eigenvalue weighted by molar-refractivity contribution is 5.83. The fourth-order valence-corrected chi connectivity index (χ4v) is 2.63. The van der Waals surface area contributed by atoms with Crippen molar-refractivity contribution in [3.63, 3.8) is 0 Å². The van der Waals surface area contributed by atoms with Crippen LogP contribution in [0.25, 0.3) is 0 Å². The van der Waals surface area contributed by atoms with Gasteiger partial charge in [-0.2, -0.15) is 0 Å². The standard InChI is InChI=1S/C12H22N2O2/c1-2-3-12(4-6-13-7-5-12)11(15)14-10-8-16-9-10/h10,13H,2-9H2,1H3,(H,14,15). The van der Waals surface area contributed by atoms with Crippen molar-refractivity contribution in [2.45, 2.75) is 38.6 Å². The smallest absolute Gasteiger partial charge is 0.226 e. The molecule has 0 aromatic carbocycles. The van der Waals surface area contributed by atoms with Gasteiger partial charge in [-0.15, -0.1) is 0 Å². The van der Waals surface area contributed by atoms with Crippen LogP contribution in [0, 0.1) is 5.41 Å². The molecule has 0 bridgehead atoms. The van der Waals surface area contributed by atoms with Crippen molar-refractivity contribution in [1.29, 1.82) is 0 Å². The first kappa shape index (κ1) is 11.9. The number of ether oxygens (including phenoxy) is 1. The number of piperidine rings is 1. The second-order valence-electron chi connectivity index (χ2n) is 4.99. The van der Waals surface area contributed by atoms with Gasteiger partial charge in [0.15, 0.2) is 0 Å². The van der Waals surface area contributed by atoms with Crippen LogP contribution < -0.4 is 10.6 Å². The normalized spacial score (nSPS) is 24.8. The van der Waals surface area contributed by atoms with Gasteiger partial charge in [-0.05, 0) is 32.4 Å². The number of nitrogens with one attached hydrogen (secondary N) is 2. The Kier molecular flexibility index (Phi) is 3.82. The van der Waals surface area contributed by atoms with Crippen LogP contribution in [0.2, 0.25) is 0 Å². The van der Waals surface area contributed by atoms with Gasteiger partial charge in [-0.3, -0.25) is 4.79 Å². The highest BCUT2D eigenvalue weighted by Gasteiger charge is 2.39. The molecule has 2 N–H and O–H groups in total. The lowest BCUT2D eigenvalue weighted by atomic mass is 9.74. The monoisotopic (exact) mass is 226 g/mol. The molecular weight excluding hydrogens is 204 g/mol. The topological polar surface area (TPSA) is 50.4 Å². The zero-order chi connectivity index (χ0) is 11.4. The van der Waals surface area contributed by atoms with Crippen LogP contribution in [-0.4, -0.2) is 38.3 Å². The molecule has 0 aliphatic carbocycles. The van der Waals surface area contributed by atoms with Crippen LogP contribution in [0.1, 0.15) is 32.6 Å². The van der Waals surface area contributed by atoms with Crippen molar-refractivity contribution in [1.82, 2.24) is 10.6 Å². The van der Waals surface area contributed by atoms with E-state index in [9.17, 15) is 4.79 Å². The molecule has 2 aliphatic rings. The van der Waals surface area contributed by atoms with Crippen molar-refractivity contribution < 1.29 is 9.53 Å². The molecule has 0 aromatic rings. The van der Waals surface area contributed by atoms with Crippen molar-refractivity contribution in [3.05, 3.63) is 0 Å². The summed E-state index contributed by atoms with van der Waals surface area (Å²) in [6.45, 7) is 5.46. The number of amides is 1. The summed E-state index contributed by atoms with van der Waals surface area (Å²) in [5.74, 6) is 0.254. The second kappa shape index (κ2) is 5.15. The summed E-state index contributed by atoms with van der Waals surface area (Å²) in [6, 6.07) is 0.260. The average molecular weight is 226 g/mol. The fraction of sp³-hybridized carbons (Fsp3) is 0.917. The predicted octanol–water partition coefficient (Wildman–Crippen LogP) is 0.671. The van der Waals surface area contributed by atoms with E-state index in [1.165, 1.54) is 0 Å². The molecule has 92 valence electrons. The van der Waals surface area contributed by atoms with Gasteiger partial charge >= 0.3 is 0 Å². The third-order valence-electron chi connectivity index (χ3n) is 3.74. The van der Waals surface area contributed by atoms with Crippen LogP contribution >= 0.6 is 0 Å². The number of hydrogen-bond donors (Lipinski definition) is 2. The van der Waals surface area contributed by atoms with E-state index in [1.807, 2.05) is 0 Å². The van der Waals surface area contributed by atoms with E-state index < -0.39 is 0 Å². The van der Waals surface area contributed by atoms with E-state index in [1.54, 1.807) is 0 Å². The van der Waals surface area contributed by atoms with E-state index in [0.29, 0.717) is 13.2 Å². The Bertz CT molecular complexity index is 240. The molecule has 0 saturated carbocycles. The van der Waals surface area contributed by atoms with Crippen molar-refractivity contribution in [3.8, 4) is 0 Å². The highest BCUT2D eigenvalue weighted by Crippen LogP contribution is 2.34. The molecule has 0 atom stereocenters. The first-order chi connectivity index (χ1) is 7.77. The van der Waals surface area contributed by atoms with Gasteiger partial charge in [-0.25, -0.2) is 0 Å². The molecule has 2 aliphatic heterocycles. The maximum atomic E-state index is 12.3. The van der Waals surface area contributed by atoms with Gasteiger partial charge in [0.2, 0.25) is 5.91 Å². The number of rotatable bonds is 4. The van der Waals surface area contributed by atoms with Crippen LogP contribution in [0.3, 0.4) is 0 Å². The SMILES string of the molecule is CCCC1(C(=O)NC2COC2)CCNCC1. The molecule has 1 amide bonds. The zero-order valence-electron chi connectivity index (χ0n) is 10.1. The number of carbonyl (C=O) groups excluding carboxylic acids is 1. The Morgan fingerprint density at radius 2 is 2.12 bits per heavy atom. The maximum absolute atomic E-state index is 12.3. The van der Waals surface area contributed by atoms with E-state index in [4.69, 9.17) is 4.74 Å². The van der Waals surface area contributed by atoms with Gasteiger partial charge in [0.05, 0.1) is 24.7 Å². The summed E-state index contributed by atoms with van der Waals surface area (Å²) in [6.07, 6.45) is 4.03. The molecule has 16 heavy (non-hydrogen) atoms. The molecule has 0 spiro atoms. The van der Waals surface area contributed by atoms with E-state index >= 15 is 0 Å². The summed E-state index contributed by atoms with van der Waals surface area (Å²) >= 11 is 0. The molecule has 0 aromatic heterocycles. The number of carbonyl (C=O) groups is 1. The summed E-state index contributed by atoms with van der Waals surface area (Å²) in [5, 5.41) is 6.45. The van der Waals surface area contributed by atoms with E-state index in [-0.39, 0.29) is 17.4 Å². The first-order valence-corrected chi connectivity index (χ1v) is 6.36. The Balaban J connectivity index is 1.95. The van der Waals surface area contributed by atoms with Gasteiger partial charge in [0.1, 0.15) is 0 Å². The minimum Gasteiger partial charge on any atom is -0.377 e. The zero-order valence-corrected chi connectivity index (χ0v) is 10.1. The Morgan fingerprint density at radius 1 is 1.44 bits per heavy atom. The molecule has 2 fully saturated rings. The quantitative estimate of drug-likeness (QED) is 0.741. The molecular formula is C12H22N2O2. The van der Waals surface area contributed by atoms with Gasteiger partial charge < -0.3 is 15.4 Å². The average Bonchev–Trinajstić information content (AvgIpc) is 2.25. The predicted molar refractivity (Wildman–Crippen MR) is 62.2 cm³/mol. The lowest BCUT2D eigenvalue weighted by Crippen LogP contribution is -2.55. The van der Waals surface area contributed by atoms with Crippen molar-refractivity contribution in [2.75, 3.05) is 26.3 Å². The highest BCUT2D eigenvalue weighted by atomic mass is 16.5. The molecule has 0 unspecified atom stereocenters. The Hall–Kier alpha value is -0.610. The van der Waals surface area contributed by atoms with Crippen LogP contribution in [0.4, 0.5) is 0 Å². The molecule has 4 heteroatoms. The molecule has 2 rings (SSSR count). The Morgan fingerprint density at radius 3 is 2.62 bits per heavy atom. The van der Waals surface area contributed by atoms with Gasteiger partial charge in [0, 0.05) is 0 Å². The molecule has 2 heterocycles. The summed E-state index contributed by atoms with van der Waals surface area (Å²) in [7, 11) is 0. The summed E-state index contributed by atoms with van der Waals surface area (Å²) in [4.78, 5) is 12.3. The van der Waals surface area contributed by atoms with Crippen molar-refractivity contribution in [2.24, 2.45) is 5.41 Å². The fourth-order valence-electron chi connectivity index (χ4n) is 2.63. The largest absolute Gasteiger partial charge is 0.377 e. The lowest BCUT2D eigenvalue weighted by Gasteiger charge is -2.38. The molecule has 4 nitrogen and oxygen atoms in total. The number of hydrogen-bond acceptors (Lipinski definition) is 3. The van der Waals surface area contributed by atoms with E-state index in [0.717, 1.165) is 38.8 Å². The van der Waals surface area contributed by atoms with E-state index in [2.05, 4.69) is 17.6 Å². The minimum atomic E-state index is -0.115. The van der Waals surface area contributed by atoms with Crippen LogP contribution in [-0.2, 0) is 9.53 Å².